The number of carbonyl (C=O) groups is 1. The number of rotatable bonds is 3. The Morgan fingerprint density at radius 2 is 1.82 bits per heavy atom. The van der Waals surface area contributed by atoms with E-state index in [0.29, 0.717) is 5.92 Å². The molecule has 0 unspecified atom stereocenters. The molecule has 0 aromatic heterocycles. The summed E-state index contributed by atoms with van der Waals surface area (Å²) in [6.45, 7) is 8.17. The second-order valence-corrected chi connectivity index (χ2v) is 8.86. The lowest BCUT2D eigenvalue weighted by molar-refractivity contribution is 0.0690. The monoisotopic (exact) mass is 374 g/mol. The van der Waals surface area contributed by atoms with Gasteiger partial charge in [0.25, 0.3) is 5.91 Å². The van der Waals surface area contributed by atoms with E-state index in [1.807, 2.05) is 11.0 Å². The van der Waals surface area contributed by atoms with Crippen molar-refractivity contribution in [2.75, 3.05) is 18.4 Å². The molecule has 0 atom stereocenters. The van der Waals surface area contributed by atoms with Gasteiger partial charge >= 0.3 is 0 Å². The molecule has 0 radical (unpaired) electrons. The first-order valence-corrected chi connectivity index (χ1v) is 10.4. The maximum absolute atomic E-state index is 13.1. The lowest BCUT2D eigenvalue weighted by atomic mass is 9.89. The SMILES string of the molecule is CC1=CC(C)(C)Nc2ccc(C(=O)N3CCC(Cc4ccccc4)CC3)cc21. The predicted octanol–water partition coefficient (Wildman–Crippen LogP) is 5.39. The number of likely N-dealkylation sites (tertiary alicyclic amines) is 1. The maximum Gasteiger partial charge on any atom is 0.253 e. The first-order valence-electron chi connectivity index (χ1n) is 10.4. The molecule has 1 fully saturated rings. The van der Waals surface area contributed by atoms with Crippen LogP contribution in [0, 0.1) is 5.92 Å². The lowest BCUT2D eigenvalue weighted by Crippen LogP contribution is -2.39. The van der Waals surface area contributed by atoms with E-state index >= 15 is 0 Å². The maximum atomic E-state index is 13.1. The average molecular weight is 375 g/mol. The van der Waals surface area contributed by atoms with Crippen LogP contribution in [-0.4, -0.2) is 29.4 Å². The molecule has 28 heavy (non-hydrogen) atoms. The fraction of sp³-hybridized carbons (Fsp3) is 0.400. The van der Waals surface area contributed by atoms with E-state index in [1.165, 1.54) is 11.1 Å². The second-order valence-electron chi connectivity index (χ2n) is 8.86. The fourth-order valence-electron chi connectivity index (χ4n) is 4.58. The molecule has 0 bridgehead atoms. The summed E-state index contributed by atoms with van der Waals surface area (Å²) in [6.07, 6.45) is 5.52. The summed E-state index contributed by atoms with van der Waals surface area (Å²) in [5.41, 5.74) is 5.64. The van der Waals surface area contributed by atoms with Crippen LogP contribution in [0.5, 0.6) is 0 Å². The quantitative estimate of drug-likeness (QED) is 0.781. The number of benzene rings is 2. The molecule has 2 aromatic carbocycles. The Kier molecular flexibility index (Phi) is 5.01. The molecule has 3 heteroatoms. The predicted molar refractivity (Wildman–Crippen MR) is 117 cm³/mol. The molecule has 1 amide bonds. The second kappa shape index (κ2) is 7.46. The molecule has 2 heterocycles. The van der Waals surface area contributed by atoms with Crippen LogP contribution in [0.3, 0.4) is 0 Å². The van der Waals surface area contributed by atoms with Gasteiger partial charge in [-0.3, -0.25) is 4.79 Å². The van der Waals surface area contributed by atoms with Crippen molar-refractivity contribution in [2.45, 2.75) is 45.6 Å². The number of allylic oxidation sites excluding steroid dienone is 1. The van der Waals surface area contributed by atoms with Crippen LogP contribution in [0.2, 0.25) is 0 Å². The van der Waals surface area contributed by atoms with Crippen molar-refractivity contribution in [1.29, 1.82) is 0 Å². The molecule has 0 saturated carbocycles. The van der Waals surface area contributed by atoms with E-state index in [2.05, 4.69) is 74.6 Å². The minimum Gasteiger partial charge on any atom is -0.376 e. The van der Waals surface area contributed by atoms with Gasteiger partial charge in [0.1, 0.15) is 0 Å². The molecule has 146 valence electrons. The Morgan fingerprint density at radius 3 is 2.54 bits per heavy atom. The van der Waals surface area contributed by atoms with E-state index in [1.54, 1.807) is 0 Å². The molecule has 2 aliphatic rings. The molecule has 0 aliphatic carbocycles. The molecular weight excluding hydrogens is 344 g/mol. The zero-order valence-corrected chi connectivity index (χ0v) is 17.2. The number of anilines is 1. The molecule has 2 aliphatic heterocycles. The van der Waals surface area contributed by atoms with E-state index < -0.39 is 0 Å². The van der Waals surface area contributed by atoms with E-state index in [9.17, 15) is 4.79 Å². The number of hydrogen-bond donors (Lipinski definition) is 1. The van der Waals surface area contributed by atoms with Crippen molar-refractivity contribution in [3.63, 3.8) is 0 Å². The number of nitrogens with zero attached hydrogens (tertiary/aromatic N) is 1. The Bertz CT molecular complexity index is 890. The van der Waals surface area contributed by atoms with Gasteiger partial charge < -0.3 is 10.2 Å². The lowest BCUT2D eigenvalue weighted by Gasteiger charge is -2.33. The average Bonchev–Trinajstić information content (AvgIpc) is 2.68. The van der Waals surface area contributed by atoms with Gasteiger partial charge in [0.05, 0.1) is 5.54 Å². The van der Waals surface area contributed by atoms with Crippen LogP contribution in [0.1, 0.15) is 55.1 Å². The third kappa shape index (κ3) is 3.99. The highest BCUT2D eigenvalue weighted by Gasteiger charge is 2.26. The topological polar surface area (TPSA) is 32.3 Å². The van der Waals surface area contributed by atoms with Gasteiger partial charge in [-0.05, 0) is 75.3 Å². The molecule has 2 aromatic rings. The summed E-state index contributed by atoms with van der Waals surface area (Å²) in [5, 5.41) is 3.54. The fourth-order valence-corrected chi connectivity index (χ4v) is 4.58. The third-order valence-corrected chi connectivity index (χ3v) is 5.99. The highest BCUT2D eigenvalue weighted by molar-refractivity contribution is 5.96. The Morgan fingerprint density at radius 1 is 1.11 bits per heavy atom. The summed E-state index contributed by atoms with van der Waals surface area (Å²) in [7, 11) is 0. The standard InChI is InChI=1S/C25H30N2O/c1-18-17-25(2,3)26-23-10-9-21(16-22(18)23)24(28)27-13-11-20(12-14-27)15-19-7-5-4-6-8-19/h4-10,16-17,20,26H,11-15H2,1-3H3. The summed E-state index contributed by atoms with van der Waals surface area (Å²) in [6, 6.07) is 16.8. The molecule has 3 nitrogen and oxygen atoms in total. The number of piperidine rings is 1. The summed E-state index contributed by atoms with van der Waals surface area (Å²) < 4.78 is 0. The van der Waals surface area contributed by atoms with Crippen molar-refractivity contribution in [2.24, 2.45) is 5.92 Å². The summed E-state index contributed by atoms with van der Waals surface area (Å²) >= 11 is 0. The zero-order chi connectivity index (χ0) is 19.7. The highest BCUT2D eigenvalue weighted by Crippen LogP contribution is 2.34. The number of nitrogens with one attached hydrogen (secondary N) is 1. The van der Waals surface area contributed by atoms with Gasteiger partial charge in [-0.2, -0.15) is 0 Å². The Hall–Kier alpha value is -2.55. The Labute approximate surface area is 168 Å². The van der Waals surface area contributed by atoms with Crippen molar-refractivity contribution in [1.82, 2.24) is 4.90 Å². The molecule has 0 spiro atoms. The number of amides is 1. The third-order valence-electron chi connectivity index (χ3n) is 5.99. The van der Waals surface area contributed by atoms with Gasteiger partial charge in [-0.1, -0.05) is 36.4 Å². The van der Waals surface area contributed by atoms with Crippen LogP contribution >= 0.6 is 0 Å². The van der Waals surface area contributed by atoms with Gasteiger partial charge in [0, 0.05) is 29.9 Å². The van der Waals surface area contributed by atoms with E-state index in [0.717, 1.165) is 49.2 Å². The summed E-state index contributed by atoms with van der Waals surface area (Å²) in [4.78, 5) is 15.1. The van der Waals surface area contributed by atoms with Crippen LogP contribution < -0.4 is 5.32 Å². The van der Waals surface area contributed by atoms with E-state index in [-0.39, 0.29) is 11.4 Å². The van der Waals surface area contributed by atoms with Gasteiger partial charge in [0.2, 0.25) is 0 Å². The van der Waals surface area contributed by atoms with Gasteiger partial charge in [-0.25, -0.2) is 0 Å². The van der Waals surface area contributed by atoms with E-state index in [4.69, 9.17) is 0 Å². The minimum absolute atomic E-state index is 0.0523. The number of fused-ring (bicyclic) bond motifs is 1. The van der Waals surface area contributed by atoms with Crippen molar-refractivity contribution in [3.8, 4) is 0 Å². The van der Waals surface area contributed by atoms with Crippen LogP contribution in [0.25, 0.3) is 5.57 Å². The van der Waals surface area contributed by atoms with Crippen molar-refractivity contribution >= 4 is 17.2 Å². The van der Waals surface area contributed by atoms with Crippen LogP contribution in [0.4, 0.5) is 5.69 Å². The zero-order valence-electron chi connectivity index (χ0n) is 17.2. The first-order chi connectivity index (χ1) is 13.4. The van der Waals surface area contributed by atoms with Gasteiger partial charge in [-0.15, -0.1) is 0 Å². The largest absolute Gasteiger partial charge is 0.376 e. The molecule has 1 saturated heterocycles. The summed E-state index contributed by atoms with van der Waals surface area (Å²) in [5.74, 6) is 0.838. The van der Waals surface area contributed by atoms with Crippen molar-refractivity contribution < 1.29 is 4.79 Å². The van der Waals surface area contributed by atoms with Crippen LogP contribution in [0.15, 0.2) is 54.6 Å². The molecule has 1 N–H and O–H groups in total. The normalized spacial score (nSPS) is 18.8. The van der Waals surface area contributed by atoms with Crippen LogP contribution in [-0.2, 0) is 6.42 Å². The van der Waals surface area contributed by atoms with Crippen molar-refractivity contribution in [3.05, 3.63) is 71.3 Å². The first kappa shape index (κ1) is 18.8. The number of carbonyl (C=O) groups excluding carboxylic acids is 1. The number of hydrogen-bond acceptors (Lipinski definition) is 2. The Balaban J connectivity index is 1.41. The van der Waals surface area contributed by atoms with Gasteiger partial charge in [0.15, 0.2) is 0 Å². The molecular formula is C25H30N2O. The molecule has 4 rings (SSSR count). The minimum atomic E-state index is -0.0523. The highest BCUT2D eigenvalue weighted by atomic mass is 16.2. The smallest absolute Gasteiger partial charge is 0.253 e.